The van der Waals surface area contributed by atoms with Gasteiger partial charge in [-0.1, -0.05) is 53.0 Å². The second-order valence-corrected chi connectivity index (χ2v) is 9.14. The van der Waals surface area contributed by atoms with Crippen LogP contribution in [0.4, 0.5) is 5.69 Å². The lowest BCUT2D eigenvalue weighted by molar-refractivity contribution is -0.142. The Morgan fingerprint density at radius 1 is 1.03 bits per heavy atom. The number of aliphatic hydroxyl groups excluding tert-OH is 1. The van der Waals surface area contributed by atoms with Crippen molar-refractivity contribution in [2.75, 3.05) is 18.1 Å². The number of aliphatic hydroxyl groups is 1. The van der Waals surface area contributed by atoms with Gasteiger partial charge in [-0.05, 0) is 54.4 Å². The van der Waals surface area contributed by atoms with Gasteiger partial charge in [0.05, 0.1) is 41.9 Å². The lowest BCUT2D eigenvalue weighted by atomic mass is 10.0. The number of halogens is 3. The van der Waals surface area contributed by atoms with Crippen LogP contribution in [0.25, 0.3) is 0 Å². The van der Waals surface area contributed by atoms with Crippen molar-refractivity contribution in [3.8, 4) is 5.75 Å². The van der Waals surface area contributed by atoms with E-state index in [2.05, 4.69) is 0 Å². The summed E-state index contributed by atoms with van der Waals surface area (Å²) in [6.45, 7) is 1.83. The Balaban J connectivity index is 1.66. The number of fused-ring (bicyclic) bond motifs is 1. The maximum atomic E-state index is 13.6. The van der Waals surface area contributed by atoms with Crippen LogP contribution in [-0.4, -0.2) is 30.2 Å². The highest BCUT2D eigenvalue weighted by molar-refractivity contribution is 6.35. The molecule has 1 aliphatic rings. The van der Waals surface area contributed by atoms with E-state index in [4.69, 9.17) is 44.3 Å². The van der Waals surface area contributed by atoms with Crippen LogP contribution >= 0.6 is 34.8 Å². The summed E-state index contributed by atoms with van der Waals surface area (Å²) < 4.78 is 11.0. The molecule has 182 valence electrons. The Morgan fingerprint density at radius 2 is 1.83 bits per heavy atom. The number of ether oxygens (including phenoxy) is 2. The molecule has 0 saturated carbocycles. The fourth-order valence-corrected chi connectivity index (χ4v) is 4.89. The molecular weight excluding hydrogens is 513 g/mol. The number of carbonyl (C=O) groups excluding carboxylic acids is 2. The summed E-state index contributed by atoms with van der Waals surface area (Å²) in [6.07, 6.45) is 0.0543. The highest BCUT2D eigenvalue weighted by Gasteiger charge is 2.42. The summed E-state index contributed by atoms with van der Waals surface area (Å²) in [5, 5.41) is 11.4. The first kappa shape index (κ1) is 25.3. The zero-order chi connectivity index (χ0) is 25.1. The minimum absolute atomic E-state index is 0.0543. The van der Waals surface area contributed by atoms with Crippen molar-refractivity contribution in [3.05, 3.63) is 91.9 Å². The molecular formula is C26H22Cl3NO5. The van der Waals surface area contributed by atoms with Crippen LogP contribution in [0.15, 0.2) is 54.6 Å². The fraction of sp³-hybridized carbons (Fsp3) is 0.231. The number of esters is 1. The largest absolute Gasteiger partial charge is 0.488 e. The Labute approximate surface area is 217 Å². The molecule has 0 aromatic heterocycles. The van der Waals surface area contributed by atoms with Gasteiger partial charge >= 0.3 is 5.97 Å². The maximum Gasteiger partial charge on any atom is 0.310 e. The first-order chi connectivity index (χ1) is 16.8. The van der Waals surface area contributed by atoms with Crippen LogP contribution in [0.5, 0.6) is 5.75 Å². The second kappa shape index (κ2) is 10.9. The average molecular weight is 535 g/mol. The summed E-state index contributed by atoms with van der Waals surface area (Å²) in [4.78, 5) is 26.9. The number of nitrogens with zero attached hydrogens (tertiary/aromatic N) is 1. The second-order valence-electron chi connectivity index (χ2n) is 7.89. The van der Waals surface area contributed by atoms with Crippen LogP contribution in [0.1, 0.15) is 40.0 Å². The Bertz CT molecular complexity index is 1280. The van der Waals surface area contributed by atoms with E-state index in [0.29, 0.717) is 32.6 Å². The summed E-state index contributed by atoms with van der Waals surface area (Å²) in [7, 11) is 0. The third-order valence-corrected chi connectivity index (χ3v) is 6.48. The van der Waals surface area contributed by atoms with Gasteiger partial charge in [0, 0.05) is 15.6 Å². The van der Waals surface area contributed by atoms with E-state index in [1.54, 1.807) is 49.4 Å². The van der Waals surface area contributed by atoms with E-state index in [1.165, 1.54) is 4.90 Å². The smallest absolute Gasteiger partial charge is 0.310 e. The maximum absolute atomic E-state index is 13.6. The van der Waals surface area contributed by atoms with Gasteiger partial charge in [0.25, 0.3) is 5.91 Å². The topological polar surface area (TPSA) is 76.1 Å². The van der Waals surface area contributed by atoms with Gasteiger partial charge < -0.3 is 14.6 Å². The predicted molar refractivity (Wildman–Crippen MR) is 136 cm³/mol. The zero-order valence-electron chi connectivity index (χ0n) is 18.8. The molecule has 0 spiro atoms. The van der Waals surface area contributed by atoms with Crippen LogP contribution in [0.3, 0.4) is 0 Å². The van der Waals surface area contributed by atoms with E-state index >= 15 is 0 Å². The van der Waals surface area contributed by atoms with Gasteiger partial charge in [0.15, 0.2) is 0 Å². The van der Waals surface area contributed by atoms with Gasteiger partial charge in [-0.2, -0.15) is 0 Å². The molecule has 35 heavy (non-hydrogen) atoms. The van der Waals surface area contributed by atoms with Crippen LogP contribution < -0.4 is 9.64 Å². The van der Waals surface area contributed by atoms with E-state index in [-0.39, 0.29) is 42.8 Å². The van der Waals surface area contributed by atoms with Crippen molar-refractivity contribution in [1.82, 2.24) is 0 Å². The van der Waals surface area contributed by atoms with Gasteiger partial charge in [0.2, 0.25) is 0 Å². The lowest BCUT2D eigenvalue weighted by Crippen LogP contribution is -2.30. The number of amides is 1. The molecule has 0 saturated heterocycles. The van der Waals surface area contributed by atoms with E-state index in [1.807, 2.05) is 12.1 Å². The number of anilines is 1. The summed E-state index contributed by atoms with van der Waals surface area (Å²) in [6, 6.07) is 14.7. The summed E-state index contributed by atoms with van der Waals surface area (Å²) in [5.74, 6) is -0.435. The molecule has 1 amide bonds. The third-order valence-electron chi connectivity index (χ3n) is 5.61. The molecule has 0 fully saturated rings. The molecule has 0 bridgehead atoms. The van der Waals surface area contributed by atoms with Crippen LogP contribution in [-0.2, 0) is 22.6 Å². The van der Waals surface area contributed by atoms with Gasteiger partial charge in [-0.15, -0.1) is 0 Å². The lowest BCUT2D eigenvalue weighted by Gasteiger charge is -2.25. The monoisotopic (exact) mass is 533 g/mol. The third kappa shape index (κ3) is 5.26. The Hall–Kier alpha value is -2.77. The number of hydrogen-bond acceptors (Lipinski definition) is 5. The minimum Gasteiger partial charge on any atom is -0.488 e. The van der Waals surface area contributed by atoms with Crippen molar-refractivity contribution < 1.29 is 24.2 Å². The van der Waals surface area contributed by atoms with Crippen molar-refractivity contribution >= 4 is 52.4 Å². The van der Waals surface area contributed by atoms with Gasteiger partial charge in [-0.3, -0.25) is 14.5 Å². The molecule has 9 heteroatoms. The van der Waals surface area contributed by atoms with Crippen molar-refractivity contribution in [1.29, 1.82) is 0 Å². The van der Waals surface area contributed by atoms with Crippen molar-refractivity contribution in [3.63, 3.8) is 0 Å². The highest BCUT2D eigenvalue weighted by atomic mass is 35.5. The predicted octanol–water partition coefficient (Wildman–Crippen LogP) is 6.03. The average Bonchev–Trinajstić information content (AvgIpc) is 3.12. The quantitative estimate of drug-likeness (QED) is 0.357. The number of benzene rings is 3. The van der Waals surface area contributed by atoms with Gasteiger partial charge in [0.1, 0.15) is 12.4 Å². The summed E-state index contributed by atoms with van der Waals surface area (Å²) >= 11 is 19.1. The minimum atomic E-state index is -0.756. The highest BCUT2D eigenvalue weighted by Crippen LogP contribution is 2.46. The molecule has 0 aliphatic carbocycles. The standard InChI is InChI=1S/C26H22Cl3NO5/c1-2-34-23(32)12-15-6-8-20(19(29)11-15)30-21(13-31)24-18(28)7-9-22(25(24)26(30)33)35-14-16-4-3-5-17(27)10-16/h3-11,21,31H,2,12-14H2,1H3. The van der Waals surface area contributed by atoms with E-state index in [9.17, 15) is 14.7 Å². The van der Waals surface area contributed by atoms with E-state index < -0.39 is 11.9 Å². The molecule has 1 heterocycles. The van der Waals surface area contributed by atoms with Crippen molar-refractivity contribution in [2.24, 2.45) is 0 Å². The number of carbonyl (C=O) groups is 2. The SMILES string of the molecule is CCOC(=O)Cc1ccc(N2C(=O)c3c(OCc4cccc(Cl)c4)ccc(Cl)c3C2CO)c(Cl)c1. The molecule has 4 rings (SSSR count). The molecule has 1 aliphatic heterocycles. The number of rotatable bonds is 8. The molecule has 0 radical (unpaired) electrons. The number of hydrogen-bond donors (Lipinski definition) is 1. The van der Waals surface area contributed by atoms with Crippen LogP contribution in [0.2, 0.25) is 15.1 Å². The van der Waals surface area contributed by atoms with Crippen molar-refractivity contribution in [2.45, 2.75) is 26.0 Å². The Morgan fingerprint density at radius 3 is 2.51 bits per heavy atom. The molecule has 1 atom stereocenters. The Kier molecular flexibility index (Phi) is 7.87. The van der Waals surface area contributed by atoms with Gasteiger partial charge in [-0.25, -0.2) is 0 Å². The first-order valence-corrected chi connectivity index (χ1v) is 12.1. The normalized spacial score (nSPS) is 14.7. The molecule has 3 aromatic carbocycles. The zero-order valence-corrected chi connectivity index (χ0v) is 21.0. The molecule has 3 aromatic rings. The summed E-state index contributed by atoms with van der Waals surface area (Å²) in [5.41, 5.74) is 2.60. The fourth-order valence-electron chi connectivity index (χ4n) is 4.10. The molecule has 6 nitrogen and oxygen atoms in total. The molecule has 1 unspecified atom stereocenters. The van der Waals surface area contributed by atoms with Crippen LogP contribution in [0, 0.1) is 0 Å². The van der Waals surface area contributed by atoms with E-state index in [0.717, 1.165) is 5.56 Å². The first-order valence-electron chi connectivity index (χ1n) is 10.9. The molecule has 1 N–H and O–H groups in total.